The molecule has 0 saturated carbocycles. The Hall–Kier alpha value is 1.04. The maximum absolute atomic E-state index is 8.40. The molecule has 0 amide bonds. The molecule has 0 radical (unpaired) electrons. The van der Waals surface area contributed by atoms with Crippen molar-refractivity contribution < 1.29 is 14.4 Å². The van der Waals surface area contributed by atoms with Crippen molar-refractivity contribution in [2.75, 3.05) is 0 Å². The molecule has 0 aliphatic carbocycles. The van der Waals surface area contributed by atoms with E-state index in [4.69, 9.17) is 8.92 Å². The monoisotopic (exact) mass is 120 g/mol. The van der Waals surface area contributed by atoms with Gasteiger partial charge in [-0.2, -0.15) is 0 Å². The summed E-state index contributed by atoms with van der Waals surface area (Å²) in [6, 6.07) is 0. The second kappa shape index (κ2) is 19.8. The van der Waals surface area contributed by atoms with Gasteiger partial charge in [0.25, 0.3) is 0 Å². The Bertz CT molecular complexity index is 27.9. The molecule has 0 aliphatic rings. The van der Waals surface area contributed by atoms with E-state index in [9.17, 15) is 0 Å². The van der Waals surface area contributed by atoms with E-state index in [-0.39, 0.29) is 43.2 Å². The first-order valence-corrected chi connectivity index (χ1v) is 1.22. The average Bonchev–Trinajstić information content (AvgIpc) is 0.918. The summed E-state index contributed by atoms with van der Waals surface area (Å²) in [7, 11) is -1.42. The maximum atomic E-state index is 8.40. The fraction of sp³-hybridized carbons (Fsp3) is 0. The van der Waals surface area contributed by atoms with Gasteiger partial charge in [0.15, 0.2) is 0 Å². The first-order chi connectivity index (χ1) is 1.41. The summed E-state index contributed by atoms with van der Waals surface area (Å²) in [5, 5.41) is 0. The summed E-state index contributed by atoms with van der Waals surface area (Å²) in [6.07, 6.45) is 0. The van der Waals surface area contributed by atoms with Crippen LogP contribution in [0.5, 0.6) is 0 Å². The van der Waals surface area contributed by atoms with Crippen LogP contribution in [0.2, 0.25) is 0 Å². The van der Waals surface area contributed by atoms with Gasteiger partial charge >= 0.3 is 47.0 Å². The third-order valence-electron chi connectivity index (χ3n) is 0. The third kappa shape index (κ3) is 43.2. The second-order valence-corrected chi connectivity index (χ2v) is 0.250. The van der Waals surface area contributed by atoms with Gasteiger partial charge in [0.2, 0.25) is 0 Å². The first kappa shape index (κ1) is 16.6. The summed E-state index contributed by atoms with van der Waals surface area (Å²) in [6.45, 7) is 0. The quantitative estimate of drug-likeness (QED) is 0.336. The van der Waals surface area contributed by atoms with Crippen LogP contribution in [-0.4, -0.2) is 52.5 Å². The van der Waals surface area contributed by atoms with Gasteiger partial charge in [-0.15, -0.1) is 0 Å². The van der Waals surface area contributed by atoms with Crippen molar-refractivity contribution in [3.63, 3.8) is 0 Å². The standard InChI is InChI=1S/Ca.O2Si.H2O.2H/c;1-3-2;;;/h;;1H2;;. The minimum atomic E-state index is -1.42. The number of hydrogen-bond donors (Lipinski definition) is 0. The SMILES string of the molecule is O.O=[Si]=O.[CaH2]. The van der Waals surface area contributed by atoms with Crippen LogP contribution in [0.4, 0.5) is 0 Å². The van der Waals surface area contributed by atoms with Crippen LogP contribution in [0.3, 0.4) is 0 Å². The summed E-state index contributed by atoms with van der Waals surface area (Å²) in [4.78, 5) is 0. The molecule has 0 aliphatic heterocycles. The van der Waals surface area contributed by atoms with Gasteiger partial charge in [-0.1, -0.05) is 0 Å². The van der Waals surface area contributed by atoms with Crippen molar-refractivity contribution in [1.29, 1.82) is 0 Å². The molecule has 0 bridgehead atoms. The average molecular weight is 120 g/mol. The summed E-state index contributed by atoms with van der Waals surface area (Å²) in [5.41, 5.74) is 0. The molecule has 0 saturated heterocycles. The van der Waals surface area contributed by atoms with Crippen LogP contribution < -0.4 is 0 Å². The molecule has 28 valence electrons. The van der Waals surface area contributed by atoms with Crippen LogP contribution >= 0.6 is 0 Å². The van der Waals surface area contributed by atoms with Gasteiger partial charge in [-0.05, 0) is 0 Å². The zero-order chi connectivity index (χ0) is 2.71. The predicted octanol–water partition coefficient (Wildman–Crippen LogP) is -2.36. The number of rotatable bonds is 0. The molecule has 5 heavy (non-hydrogen) atoms. The molecule has 0 fully saturated rings. The Morgan fingerprint density at radius 3 is 1.20 bits per heavy atom. The molecule has 0 unspecified atom stereocenters. The normalized spacial score (nSPS) is 1.60. The molecule has 0 spiro atoms. The Labute approximate surface area is 61.0 Å². The zero-order valence-electron chi connectivity index (χ0n) is 1.82. The van der Waals surface area contributed by atoms with Crippen molar-refractivity contribution >= 4 is 47.0 Å². The van der Waals surface area contributed by atoms with Gasteiger partial charge < -0.3 is 5.48 Å². The molecular formula is H4CaO3Si. The van der Waals surface area contributed by atoms with Gasteiger partial charge in [0.1, 0.15) is 0 Å². The van der Waals surface area contributed by atoms with Crippen LogP contribution in [-0.2, 0) is 8.92 Å². The van der Waals surface area contributed by atoms with Crippen molar-refractivity contribution in [1.82, 2.24) is 0 Å². The van der Waals surface area contributed by atoms with E-state index in [0.717, 1.165) is 0 Å². The van der Waals surface area contributed by atoms with E-state index < -0.39 is 9.29 Å². The predicted molar refractivity (Wildman–Crippen MR) is 19.3 cm³/mol. The zero-order valence-corrected chi connectivity index (χ0v) is 2.82. The summed E-state index contributed by atoms with van der Waals surface area (Å²) >= 11 is 0. The van der Waals surface area contributed by atoms with E-state index in [0.29, 0.717) is 0 Å². The molecule has 0 rings (SSSR count). The topological polar surface area (TPSA) is 65.6 Å². The fourth-order valence-electron chi connectivity index (χ4n) is 0. The molecule has 5 heteroatoms. The van der Waals surface area contributed by atoms with E-state index in [1.807, 2.05) is 0 Å². The Morgan fingerprint density at radius 1 is 1.20 bits per heavy atom. The molecule has 0 aromatic rings. The van der Waals surface area contributed by atoms with Crippen LogP contribution in [0.1, 0.15) is 0 Å². The van der Waals surface area contributed by atoms with Crippen molar-refractivity contribution in [2.24, 2.45) is 0 Å². The molecule has 0 aromatic heterocycles. The van der Waals surface area contributed by atoms with E-state index >= 15 is 0 Å². The first-order valence-electron chi connectivity index (χ1n) is 0.408. The summed E-state index contributed by atoms with van der Waals surface area (Å²) in [5.74, 6) is 0. The van der Waals surface area contributed by atoms with Crippen LogP contribution in [0.15, 0.2) is 0 Å². The second-order valence-electron chi connectivity index (χ2n) is 0.0833. The summed E-state index contributed by atoms with van der Waals surface area (Å²) < 4.78 is 16.8. The van der Waals surface area contributed by atoms with Crippen molar-refractivity contribution in [3.8, 4) is 0 Å². The molecule has 0 aromatic carbocycles. The Balaban J connectivity index is -0.0000000200. The van der Waals surface area contributed by atoms with Crippen molar-refractivity contribution in [2.45, 2.75) is 0 Å². The molecular weight excluding hydrogens is 116 g/mol. The Kier molecular flexibility index (Phi) is 65.7. The fourth-order valence-corrected chi connectivity index (χ4v) is 0. The van der Waals surface area contributed by atoms with Gasteiger partial charge in [0, 0.05) is 0 Å². The van der Waals surface area contributed by atoms with Gasteiger partial charge in [0.05, 0.1) is 0 Å². The van der Waals surface area contributed by atoms with Crippen molar-refractivity contribution in [3.05, 3.63) is 0 Å². The minimum absolute atomic E-state index is 0. The van der Waals surface area contributed by atoms with Crippen LogP contribution in [0, 0.1) is 0 Å². The van der Waals surface area contributed by atoms with Gasteiger partial charge in [-0.25, -0.2) is 0 Å². The third-order valence-corrected chi connectivity index (χ3v) is 0. The van der Waals surface area contributed by atoms with Gasteiger partial charge in [-0.3, -0.25) is 8.92 Å². The molecule has 2 N–H and O–H groups in total. The number of hydrogen-bond acceptors (Lipinski definition) is 2. The van der Waals surface area contributed by atoms with Crippen LogP contribution in [0.25, 0.3) is 0 Å². The molecule has 0 atom stereocenters. The van der Waals surface area contributed by atoms with E-state index in [2.05, 4.69) is 0 Å². The Morgan fingerprint density at radius 2 is 1.20 bits per heavy atom. The molecule has 0 heterocycles. The van der Waals surface area contributed by atoms with E-state index in [1.165, 1.54) is 0 Å². The molecule has 3 nitrogen and oxygen atoms in total. The van der Waals surface area contributed by atoms with E-state index in [1.54, 1.807) is 0 Å².